The number of hydrogen-bond acceptors (Lipinski definition) is 2. The lowest BCUT2D eigenvalue weighted by Gasteiger charge is -1.71. The summed E-state index contributed by atoms with van der Waals surface area (Å²) in [6.45, 7) is 0. The molecule has 0 spiro atoms. The third-order valence-electron chi connectivity index (χ3n) is 0. The topological polar surface area (TPSA) is 60.4 Å². The maximum atomic E-state index is 8.63. The third kappa shape index (κ3) is 170. The van der Waals surface area contributed by atoms with Crippen molar-refractivity contribution in [3.63, 3.8) is 0 Å². The Morgan fingerprint density at radius 3 is 2.00 bits per heavy atom. The first-order valence-corrected chi connectivity index (χ1v) is 1.90. The third-order valence-corrected chi connectivity index (χ3v) is 0. The summed E-state index contributed by atoms with van der Waals surface area (Å²) in [5.74, 6) is 0. The lowest BCUT2D eigenvalue weighted by atomic mass is 15.8. The van der Waals surface area contributed by atoms with Crippen molar-refractivity contribution < 1.29 is 15.5 Å². The van der Waals surface area contributed by atoms with Crippen LogP contribution in [0.5, 0.6) is 0 Å². The highest BCUT2D eigenvalue weighted by Crippen LogP contribution is 1.14. The molecule has 3 nitrogen and oxygen atoms in total. The predicted octanol–water partition coefficient (Wildman–Crippen LogP) is -3.05. The summed E-state index contributed by atoms with van der Waals surface area (Å²) < 4.78 is 8.63. The van der Waals surface area contributed by atoms with Crippen LogP contribution >= 0.6 is 0 Å². The largest absolute Gasteiger partial charge is 1.00 e. The first-order valence-electron chi connectivity index (χ1n) is 0.632. The quantitative estimate of drug-likeness (QED) is 0.332. The van der Waals surface area contributed by atoms with Gasteiger partial charge >= 0.3 is 33.6 Å². The molecule has 5 heavy (non-hydrogen) atoms. The Kier molecular flexibility index (Phi) is 7.92. The van der Waals surface area contributed by atoms with Crippen LogP contribution in [0.2, 0.25) is 0 Å². The molecule has 0 fully saturated rings. The molecule has 0 aromatic heterocycles. The summed E-state index contributed by atoms with van der Waals surface area (Å²) in [7, 11) is -3.38. The van der Waals surface area contributed by atoms with Crippen molar-refractivity contribution in [2.24, 2.45) is 0 Å². The molecule has 0 bridgehead atoms. The Morgan fingerprint density at radius 2 is 2.00 bits per heavy atom. The molecule has 0 unspecified atom stereocenters. The van der Waals surface area contributed by atoms with Crippen LogP contribution in [0.15, 0.2) is 0 Å². The zero-order valence-electron chi connectivity index (χ0n) is 2.76. The SMILES string of the molecule is O=[Si]([O-])O.[H+].[MgH2]. The Balaban J connectivity index is -0.0000000450. The Morgan fingerprint density at radius 1 is 2.00 bits per heavy atom. The number of hydrogen-bond donors (Lipinski definition) is 1. The Bertz CT molecular complexity index is 33.8. The van der Waals surface area contributed by atoms with Crippen LogP contribution in [0.3, 0.4) is 0 Å². The highest BCUT2D eigenvalue weighted by atomic mass is 28.3. The fourth-order valence-corrected chi connectivity index (χ4v) is 0. The van der Waals surface area contributed by atoms with Crippen molar-refractivity contribution in [2.75, 3.05) is 0 Å². The Hall–Kier alpha value is 0.383. The van der Waals surface area contributed by atoms with Crippen LogP contribution in [-0.2, 0) is 4.46 Å². The van der Waals surface area contributed by atoms with Crippen LogP contribution in [0.25, 0.3) is 0 Å². The molecular formula is H4MgO3Si. The molecule has 0 atom stereocenters. The summed E-state index contributed by atoms with van der Waals surface area (Å²) >= 11 is 0. The standard InChI is InChI=1S/Mg.HO3Si.2H/c;1-4(2)3;;/h;1H;;/q;-1;;/p+1. The van der Waals surface area contributed by atoms with Crippen molar-refractivity contribution in [1.82, 2.24) is 0 Å². The maximum Gasteiger partial charge on any atom is 1.00 e. The van der Waals surface area contributed by atoms with E-state index >= 15 is 0 Å². The van der Waals surface area contributed by atoms with Crippen LogP contribution < -0.4 is 4.80 Å². The van der Waals surface area contributed by atoms with Gasteiger partial charge < -0.3 is 14.1 Å². The summed E-state index contributed by atoms with van der Waals surface area (Å²) in [6.07, 6.45) is 0. The van der Waals surface area contributed by atoms with Gasteiger partial charge in [0.15, 0.2) is 0 Å². The molecule has 0 aliphatic rings. The molecular weight excluding hydrogens is 100 g/mol. The van der Waals surface area contributed by atoms with E-state index in [9.17, 15) is 0 Å². The molecule has 0 heterocycles. The van der Waals surface area contributed by atoms with Gasteiger partial charge in [-0.25, -0.2) is 0 Å². The van der Waals surface area contributed by atoms with E-state index in [0.717, 1.165) is 0 Å². The van der Waals surface area contributed by atoms with E-state index in [4.69, 9.17) is 14.1 Å². The molecule has 28 valence electrons. The van der Waals surface area contributed by atoms with Crippen LogP contribution in [0, 0.1) is 0 Å². The van der Waals surface area contributed by atoms with Gasteiger partial charge in [0.25, 0.3) is 0 Å². The van der Waals surface area contributed by atoms with E-state index < -0.39 is 9.17 Å². The van der Waals surface area contributed by atoms with E-state index in [0.29, 0.717) is 0 Å². The van der Waals surface area contributed by atoms with Gasteiger partial charge in [0.2, 0.25) is 0 Å². The van der Waals surface area contributed by atoms with Gasteiger partial charge in [0.1, 0.15) is 0 Å². The highest BCUT2D eigenvalue weighted by Gasteiger charge is 1.59. The van der Waals surface area contributed by atoms with Crippen molar-refractivity contribution in [3.05, 3.63) is 0 Å². The van der Waals surface area contributed by atoms with E-state index in [1.54, 1.807) is 0 Å². The molecule has 0 aromatic rings. The van der Waals surface area contributed by atoms with Crippen molar-refractivity contribution in [2.45, 2.75) is 0 Å². The van der Waals surface area contributed by atoms with Crippen molar-refractivity contribution >= 4 is 32.2 Å². The maximum absolute atomic E-state index is 8.63. The van der Waals surface area contributed by atoms with E-state index in [2.05, 4.69) is 0 Å². The molecule has 0 amide bonds. The molecule has 0 saturated heterocycles. The lowest BCUT2D eigenvalue weighted by Crippen LogP contribution is -2.17. The van der Waals surface area contributed by atoms with Gasteiger partial charge in [0.05, 0.1) is 0 Å². The van der Waals surface area contributed by atoms with Gasteiger partial charge in [-0.15, -0.1) is 0 Å². The fourth-order valence-electron chi connectivity index (χ4n) is 0. The summed E-state index contributed by atoms with van der Waals surface area (Å²) in [5, 5.41) is 0. The second-order valence-corrected chi connectivity index (χ2v) is 0.798. The van der Waals surface area contributed by atoms with Gasteiger partial charge in [-0.1, -0.05) is 0 Å². The number of rotatable bonds is 0. The molecule has 0 rings (SSSR count). The van der Waals surface area contributed by atoms with Crippen molar-refractivity contribution in [3.8, 4) is 0 Å². The van der Waals surface area contributed by atoms with Crippen LogP contribution in [0.4, 0.5) is 0 Å². The molecule has 0 aliphatic heterocycles. The average molecular weight is 104 g/mol. The minimum Gasteiger partial charge on any atom is -0.604 e. The van der Waals surface area contributed by atoms with Gasteiger partial charge in [-0.05, 0) is 0 Å². The molecule has 0 aliphatic carbocycles. The minimum absolute atomic E-state index is 0. The molecule has 0 radical (unpaired) electrons. The summed E-state index contributed by atoms with van der Waals surface area (Å²) in [4.78, 5) is 15.7. The second-order valence-electron chi connectivity index (χ2n) is 0.266. The normalized spacial score (nSPS) is 4.80. The van der Waals surface area contributed by atoms with Crippen LogP contribution in [0.1, 0.15) is 1.43 Å². The highest BCUT2D eigenvalue weighted by molar-refractivity contribution is 6.19. The van der Waals surface area contributed by atoms with Crippen LogP contribution in [-0.4, -0.2) is 37.0 Å². The van der Waals surface area contributed by atoms with Gasteiger partial charge in [0, 0.05) is 0 Å². The summed E-state index contributed by atoms with van der Waals surface area (Å²) in [6, 6.07) is 0. The predicted molar refractivity (Wildman–Crippen MR) is 18.3 cm³/mol. The van der Waals surface area contributed by atoms with E-state index in [1.165, 1.54) is 0 Å². The first-order chi connectivity index (χ1) is 1.73. The van der Waals surface area contributed by atoms with E-state index in [-0.39, 0.29) is 24.5 Å². The fraction of sp³-hybridized carbons (Fsp3) is 0. The second kappa shape index (κ2) is 4.38. The zero-order chi connectivity index (χ0) is 3.58. The zero-order valence-corrected chi connectivity index (χ0v) is 2.76. The Labute approximate surface area is 48.2 Å². The average Bonchev–Trinajstić information content (AvgIpc) is 0.811. The smallest absolute Gasteiger partial charge is 0.604 e. The first kappa shape index (κ1) is 9.04. The van der Waals surface area contributed by atoms with E-state index in [1.807, 2.05) is 0 Å². The van der Waals surface area contributed by atoms with Gasteiger partial charge in [-0.3, -0.25) is 0 Å². The summed E-state index contributed by atoms with van der Waals surface area (Å²) in [5.41, 5.74) is 0. The molecule has 0 aromatic carbocycles. The molecule has 0 saturated carbocycles. The monoisotopic (exact) mass is 104 g/mol. The lowest BCUT2D eigenvalue weighted by molar-refractivity contribution is -0.223. The molecule has 5 heteroatoms. The van der Waals surface area contributed by atoms with Crippen molar-refractivity contribution in [1.29, 1.82) is 0 Å². The minimum atomic E-state index is -3.38. The molecule has 1 N–H and O–H groups in total. The van der Waals surface area contributed by atoms with Gasteiger partial charge in [-0.2, -0.15) is 0 Å².